The van der Waals surface area contributed by atoms with Crippen LogP contribution in [0, 0.1) is 0 Å². The van der Waals surface area contributed by atoms with Crippen LogP contribution in [-0.4, -0.2) is 12.4 Å². The Morgan fingerprint density at radius 1 is 1.04 bits per heavy atom. The molecule has 23 heavy (non-hydrogen) atoms. The van der Waals surface area contributed by atoms with Crippen molar-refractivity contribution in [2.75, 3.05) is 17.7 Å². The second-order valence-electron chi connectivity index (χ2n) is 4.71. The molecule has 0 aliphatic heterocycles. The number of rotatable bonds is 6. The Hall–Kier alpha value is -1.04. The minimum Gasteiger partial charge on any atom is -0.384 e. The molecular formula is C16H14Cl2F3NS. The van der Waals surface area contributed by atoms with Gasteiger partial charge in [-0.05, 0) is 36.8 Å². The van der Waals surface area contributed by atoms with E-state index < -0.39 is 11.7 Å². The predicted molar refractivity (Wildman–Crippen MR) is 90.8 cm³/mol. The third-order valence-electron chi connectivity index (χ3n) is 2.98. The van der Waals surface area contributed by atoms with Crippen LogP contribution in [0.5, 0.6) is 0 Å². The van der Waals surface area contributed by atoms with Gasteiger partial charge < -0.3 is 5.32 Å². The van der Waals surface area contributed by atoms with Gasteiger partial charge in [0.15, 0.2) is 0 Å². The molecule has 1 N–H and O–H groups in total. The lowest BCUT2D eigenvalue weighted by molar-refractivity contribution is -0.139. The van der Waals surface area contributed by atoms with Crippen LogP contribution in [0.1, 0.15) is 12.0 Å². The molecule has 2 aromatic carbocycles. The summed E-state index contributed by atoms with van der Waals surface area (Å²) in [4.78, 5) is 0.836. The maximum absolute atomic E-state index is 13.1. The molecule has 7 heteroatoms. The van der Waals surface area contributed by atoms with Gasteiger partial charge in [0.2, 0.25) is 0 Å². The second-order valence-corrected chi connectivity index (χ2v) is 6.60. The number of hydrogen-bond acceptors (Lipinski definition) is 2. The fourth-order valence-corrected chi connectivity index (χ4v) is 3.29. The van der Waals surface area contributed by atoms with Crippen LogP contribution in [0.25, 0.3) is 0 Å². The molecule has 0 spiro atoms. The quantitative estimate of drug-likeness (QED) is 0.450. The van der Waals surface area contributed by atoms with Crippen molar-refractivity contribution in [3.8, 4) is 0 Å². The van der Waals surface area contributed by atoms with Crippen molar-refractivity contribution >= 4 is 40.7 Å². The van der Waals surface area contributed by atoms with Crippen LogP contribution in [0.3, 0.4) is 0 Å². The molecule has 0 heterocycles. The first-order chi connectivity index (χ1) is 10.9. The molecule has 0 amide bonds. The number of benzene rings is 2. The molecule has 0 unspecified atom stereocenters. The average molecular weight is 380 g/mol. The molecule has 0 atom stereocenters. The van der Waals surface area contributed by atoms with Crippen LogP contribution in [-0.2, 0) is 6.18 Å². The van der Waals surface area contributed by atoms with Gasteiger partial charge in [-0.1, -0.05) is 35.5 Å². The molecule has 1 nitrogen and oxygen atoms in total. The highest BCUT2D eigenvalue weighted by atomic mass is 35.5. The summed E-state index contributed by atoms with van der Waals surface area (Å²) in [6, 6.07) is 10.6. The molecule has 2 aromatic rings. The summed E-state index contributed by atoms with van der Waals surface area (Å²) in [5.41, 5.74) is 0.0521. The molecule has 124 valence electrons. The molecule has 0 aromatic heterocycles. The first-order valence-electron chi connectivity index (χ1n) is 6.85. The number of anilines is 1. The second kappa shape index (κ2) is 8.18. The standard InChI is InChI=1S/C16H14Cl2F3NS/c17-8-3-9-22-13-10-11(18)6-7-15(13)23-14-5-2-1-4-12(14)16(19,20)21/h1-2,4-7,10,22H,3,8-9H2. The Kier molecular flexibility index (Phi) is 6.50. The Labute approximate surface area is 147 Å². The first-order valence-corrected chi connectivity index (χ1v) is 8.58. The fraction of sp³-hybridized carbons (Fsp3) is 0.250. The van der Waals surface area contributed by atoms with Crippen molar-refractivity contribution in [1.82, 2.24) is 0 Å². The zero-order valence-electron chi connectivity index (χ0n) is 12.0. The van der Waals surface area contributed by atoms with E-state index in [4.69, 9.17) is 23.2 Å². The van der Waals surface area contributed by atoms with Gasteiger partial charge in [-0.2, -0.15) is 13.2 Å². The predicted octanol–water partition coefficient (Wildman–Crippen LogP) is 6.55. The Morgan fingerprint density at radius 3 is 2.48 bits per heavy atom. The summed E-state index contributed by atoms with van der Waals surface area (Å²) in [7, 11) is 0. The van der Waals surface area contributed by atoms with E-state index in [-0.39, 0.29) is 4.90 Å². The zero-order valence-corrected chi connectivity index (χ0v) is 14.3. The van der Waals surface area contributed by atoms with Gasteiger partial charge in [-0.25, -0.2) is 0 Å². The molecule has 2 rings (SSSR count). The number of halogens is 5. The highest BCUT2D eigenvalue weighted by Gasteiger charge is 2.33. The lowest BCUT2D eigenvalue weighted by Gasteiger charge is -2.15. The van der Waals surface area contributed by atoms with Crippen LogP contribution in [0.2, 0.25) is 5.02 Å². The van der Waals surface area contributed by atoms with E-state index in [0.29, 0.717) is 28.0 Å². The normalized spacial score (nSPS) is 11.5. The van der Waals surface area contributed by atoms with Crippen molar-refractivity contribution in [2.45, 2.75) is 22.4 Å². The lowest BCUT2D eigenvalue weighted by Crippen LogP contribution is -2.07. The van der Waals surface area contributed by atoms with Crippen molar-refractivity contribution in [3.05, 3.63) is 53.1 Å². The van der Waals surface area contributed by atoms with E-state index in [1.165, 1.54) is 12.1 Å². The van der Waals surface area contributed by atoms with Gasteiger partial charge in [0.1, 0.15) is 0 Å². The van der Waals surface area contributed by atoms with E-state index >= 15 is 0 Å². The topological polar surface area (TPSA) is 12.0 Å². The number of alkyl halides is 4. The molecule has 0 aliphatic carbocycles. The highest BCUT2D eigenvalue weighted by molar-refractivity contribution is 7.99. The Morgan fingerprint density at radius 2 is 1.78 bits per heavy atom. The maximum Gasteiger partial charge on any atom is 0.417 e. The van der Waals surface area contributed by atoms with Gasteiger partial charge in [0, 0.05) is 32.9 Å². The molecule has 0 fully saturated rings. The Bertz CT molecular complexity index is 662. The van der Waals surface area contributed by atoms with Crippen LogP contribution < -0.4 is 5.32 Å². The van der Waals surface area contributed by atoms with Gasteiger partial charge in [0.05, 0.1) is 5.56 Å². The first kappa shape index (κ1) is 18.3. The van der Waals surface area contributed by atoms with E-state index in [2.05, 4.69) is 5.32 Å². The van der Waals surface area contributed by atoms with Crippen molar-refractivity contribution < 1.29 is 13.2 Å². The van der Waals surface area contributed by atoms with E-state index in [1.807, 2.05) is 0 Å². The Balaban J connectivity index is 2.30. The minimum absolute atomic E-state index is 0.155. The summed E-state index contributed by atoms with van der Waals surface area (Å²) in [6.45, 7) is 0.623. The van der Waals surface area contributed by atoms with Crippen LogP contribution in [0.15, 0.2) is 52.3 Å². The van der Waals surface area contributed by atoms with E-state index in [0.717, 1.165) is 24.2 Å². The van der Waals surface area contributed by atoms with Crippen molar-refractivity contribution in [1.29, 1.82) is 0 Å². The van der Waals surface area contributed by atoms with Crippen LogP contribution >= 0.6 is 35.0 Å². The van der Waals surface area contributed by atoms with Crippen molar-refractivity contribution in [3.63, 3.8) is 0 Å². The molecule has 0 radical (unpaired) electrons. The number of nitrogens with one attached hydrogen (secondary N) is 1. The zero-order chi connectivity index (χ0) is 16.9. The molecule has 0 saturated carbocycles. The highest BCUT2D eigenvalue weighted by Crippen LogP contribution is 2.41. The fourth-order valence-electron chi connectivity index (χ4n) is 1.93. The van der Waals surface area contributed by atoms with Gasteiger partial charge in [-0.15, -0.1) is 11.6 Å². The summed E-state index contributed by atoms with van der Waals surface area (Å²) in [5.74, 6) is 0.507. The van der Waals surface area contributed by atoms with E-state index in [1.54, 1.807) is 24.3 Å². The molecular weight excluding hydrogens is 366 g/mol. The van der Waals surface area contributed by atoms with E-state index in [9.17, 15) is 13.2 Å². The summed E-state index contributed by atoms with van der Waals surface area (Å²) < 4.78 is 39.3. The van der Waals surface area contributed by atoms with Gasteiger partial charge in [-0.3, -0.25) is 0 Å². The van der Waals surface area contributed by atoms with Crippen molar-refractivity contribution in [2.24, 2.45) is 0 Å². The SMILES string of the molecule is FC(F)(F)c1ccccc1Sc1ccc(Cl)cc1NCCCCl. The van der Waals surface area contributed by atoms with Crippen LogP contribution in [0.4, 0.5) is 18.9 Å². The third-order valence-corrected chi connectivity index (χ3v) is 4.63. The molecule has 0 bridgehead atoms. The monoisotopic (exact) mass is 379 g/mol. The maximum atomic E-state index is 13.1. The third kappa shape index (κ3) is 5.23. The molecule has 0 saturated heterocycles. The van der Waals surface area contributed by atoms with Gasteiger partial charge in [0.25, 0.3) is 0 Å². The molecule has 0 aliphatic rings. The lowest BCUT2D eigenvalue weighted by atomic mass is 10.2. The average Bonchev–Trinajstić information content (AvgIpc) is 2.49. The minimum atomic E-state index is -4.39. The summed E-state index contributed by atoms with van der Waals surface area (Å²) >= 11 is 12.7. The largest absolute Gasteiger partial charge is 0.417 e. The summed E-state index contributed by atoms with van der Waals surface area (Å²) in [6.07, 6.45) is -3.64. The number of hydrogen-bond donors (Lipinski definition) is 1. The summed E-state index contributed by atoms with van der Waals surface area (Å²) in [5, 5.41) is 3.68. The smallest absolute Gasteiger partial charge is 0.384 e. The van der Waals surface area contributed by atoms with Gasteiger partial charge >= 0.3 is 6.18 Å².